The summed E-state index contributed by atoms with van der Waals surface area (Å²) in [6.45, 7) is 4.19. The van der Waals surface area contributed by atoms with Crippen molar-refractivity contribution in [3.8, 4) is 6.07 Å². The summed E-state index contributed by atoms with van der Waals surface area (Å²) in [7, 11) is 0. The second kappa shape index (κ2) is 5.65. The van der Waals surface area contributed by atoms with E-state index in [0.29, 0.717) is 0 Å². The molecule has 2 fully saturated rings. The monoisotopic (exact) mass is 221 g/mol. The molecule has 0 radical (unpaired) electrons. The summed E-state index contributed by atoms with van der Waals surface area (Å²) in [6, 6.07) is 2.65. The van der Waals surface area contributed by atoms with Crippen molar-refractivity contribution in [3.05, 3.63) is 0 Å². The fourth-order valence-electron chi connectivity index (χ4n) is 3.08. The van der Waals surface area contributed by atoms with Crippen LogP contribution in [-0.2, 0) is 0 Å². The smallest absolute Gasteiger partial charge is 0.109 e. The average Bonchev–Trinajstić information content (AvgIpc) is 2.31. The summed E-state index contributed by atoms with van der Waals surface area (Å²) in [5.41, 5.74) is -0.136. The van der Waals surface area contributed by atoms with Crippen molar-refractivity contribution in [3.63, 3.8) is 0 Å². The van der Waals surface area contributed by atoms with E-state index in [-0.39, 0.29) is 5.54 Å². The van der Waals surface area contributed by atoms with Crippen molar-refractivity contribution in [2.75, 3.05) is 26.2 Å². The van der Waals surface area contributed by atoms with Gasteiger partial charge in [-0.05, 0) is 12.8 Å². The van der Waals surface area contributed by atoms with Gasteiger partial charge in [0.2, 0.25) is 0 Å². The fraction of sp³-hybridized carbons (Fsp3) is 0.923. The first kappa shape index (κ1) is 11.9. The van der Waals surface area contributed by atoms with Crippen LogP contribution < -0.4 is 5.32 Å². The van der Waals surface area contributed by atoms with Crippen LogP contribution >= 0.6 is 0 Å². The standard InChI is InChI=1S/C13H23N3/c14-12-13(16-10-8-15-9-11-16)6-4-2-1-3-5-7-13/h15H,1-11H2. The second-order valence-electron chi connectivity index (χ2n) is 5.15. The van der Waals surface area contributed by atoms with Gasteiger partial charge in [0, 0.05) is 26.2 Å². The third-order valence-electron chi connectivity index (χ3n) is 4.11. The third-order valence-corrected chi connectivity index (χ3v) is 4.11. The number of nitrogens with zero attached hydrogens (tertiary/aromatic N) is 2. The van der Waals surface area contributed by atoms with E-state index >= 15 is 0 Å². The average molecular weight is 221 g/mol. The largest absolute Gasteiger partial charge is 0.314 e. The van der Waals surface area contributed by atoms with E-state index in [4.69, 9.17) is 0 Å². The molecule has 2 rings (SSSR count). The highest BCUT2D eigenvalue weighted by Crippen LogP contribution is 2.31. The molecule has 0 amide bonds. The van der Waals surface area contributed by atoms with Crippen LogP contribution in [0.3, 0.4) is 0 Å². The van der Waals surface area contributed by atoms with E-state index < -0.39 is 0 Å². The van der Waals surface area contributed by atoms with Crippen LogP contribution in [0, 0.1) is 11.3 Å². The van der Waals surface area contributed by atoms with Gasteiger partial charge >= 0.3 is 0 Å². The van der Waals surface area contributed by atoms with E-state index in [1.165, 1.54) is 32.1 Å². The van der Waals surface area contributed by atoms with Gasteiger partial charge in [-0.2, -0.15) is 5.26 Å². The van der Waals surface area contributed by atoms with E-state index in [1.54, 1.807) is 0 Å². The molecule has 2 aliphatic rings. The normalized spacial score (nSPS) is 27.7. The minimum Gasteiger partial charge on any atom is -0.314 e. The molecule has 0 bridgehead atoms. The summed E-state index contributed by atoms with van der Waals surface area (Å²) < 4.78 is 0. The van der Waals surface area contributed by atoms with Gasteiger partial charge in [0.15, 0.2) is 0 Å². The van der Waals surface area contributed by atoms with Crippen molar-refractivity contribution >= 4 is 0 Å². The molecule has 0 aromatic heterocycles. The van der Waals surface area contributed by atoms with Gasteiger partial charge in [-0.3, -0.25) is 4.90 Å². The molecule has 3 heteroatoms. The van der Waals surface area contributed by atoms with Crippen LogP contribution in [0.4, 0.5) is 0 Å². The van der Waals surface area contributed by atoms with Crippen molar-refractivity contribution < 1.29 is 0 Å². The van der Waals surface area contributed by atoms with Crippen molar-refractivity contribution in [2.45, 2.75) is 50.5 Å². The number of nitriles is 1. The van der Waals surface area contributed by atoms with E-state index in [1.807, 2.05) is 0 Å². The predicted molar refractivity (Wildman–Crippen MR) is 65.1 cm³/mol. The Morgan fingerprint density at radius 1 is 0.938 bits per heavy atom. The van der Waals surface area contributed by atoms with Crippen LogP contribution in [0.5, 0.6) is 0 Å². The molecule has 16 heavy (non-hydrogen) atoms. The molecule has 0 aromatic carbocycles. The molecule has 90 valence electrons. The molecule has 0 spiro atoms. The molecule has 1 saturated heterocycles. The molecule has 1 saturated carbocycles. The summed E-state index contributed by atoms with van der Waals surface area (Å²) >= 11 is 0. The van der Waals surface area contributed by atoms with E-state index in [9.17, 15) is 5.26 Å². The molecule has 0 aromatic rings. The van der Waals surface area contributed by atoms with Crippen LogP contribution in [0.15, 0.2) is 0 Å². The molecule has 0 atom stereocenters. The molecule has 3 nitrogen and oxygen atoms in total. The number of rotatable bonds is 1. The number of nitrogens with one attached hydrogen (secondary N) is 1. The van der Waals surface area contributed by atoms with Crippen LogP contribution in [0.25, 0.3) is 0 Å². The molecule has 0 unspecified atom stereocenters. The van der Waals surface area contributed by atoms with Gasteiger partial charge in [-0.25, -0.2) is 0 Å². The van der Waals surface area contributed by atoms with Gasteiger partial charge in [0.05, 0.1) is 6.07 Å². The van der Waals surface area contributed by atoms with Gasteiger partial charge in [0.25, 0.3) is 0 Å². The number of hydrogen-bond donors (Lipinski definition) is 1. The zero-order valence-corrected chi connectivity index (χ0v) is 10.2. The minimum atomic E-state index is -0.136. The third kappa shape index (κ3) is 2.56. The van der Waals surface area contributed by atoms with Gasteiger partial charge in [0.1, 0.15) is 5.54 Å². The Kier molecular flexibility index (Phi) is 4.20. The molecule has 1 aliphatic carbocycles. The lowest BCUT2D eigenvalue weighted by atomic mass is 9.83. The highest BCUT2D eigenvalue weighted by atomic mass is 15.2. The first-order valence-electron chi connectivity index (χ1n) is 6.74. The van der Waals surface area contributed by atoms with Crippen LogP contribution in [-0.4, -0.2) is 36.6 Å². The Bertz CT molecular complexity index is 242. The Morgan fingerprint density at radius 3 is 2.06 bits per heavy atom. The summed E-state index contributed by atoms with van der Waals surface area (Å²) in [5.74, 6) is 0. The summed E-state index contributed by atoms with van der Waals surface area (Å²) in [4.78, 5) is 2.44. The van der Waals surface area contributed by atoms with Gasteiger partial charge < -0.3 is 5.32 Å². The molecule has 1 heterocycles. The molecular formula is C13H23N3. The van der Waals surface area contributed by atoms with Crippen molar-refractivity contribution in [2.24, 2.45) is 0 Å². The summed E-state index contributed by atoms with van der Waals surface area (Å²) in [5, 5.41) is 13.0. The lowest BCUT2D eigenvalue weighted by molar-refractivity contribution is 0.0934. The Balaban J connectivity index is 2.05. The quantitative estimate of drug-likeness (QED) is 0.735. The fourth-order valence-corrected chi connectivity index (χ4v) is 3.08. The van der Waals surface area contributed by atoms with Crippen molar-refractivity contribution in [1.29, 1.82) is 5.26 Å². The topological polar surface area (TPSA) is 39.1 Å². The maximum absolute atomic E-state index is 9.60. The van der Waals surface area contributed by atoms with Crippen molar-refractivity contribution in [1.82, 2.24) is 10.2 Å². The Hall–Kier alpha value is -0.590. The number of piperazine rings is 1. The molecular weight excluding hydrogens is 198 g/mol. The SMILES string of the molecule is N#CC1(N2CCNCC2)CCCCCCC1. The van der Waals surface area contributed by atoms with Gasteiger partial charge in [-0.1, -0.05) is 32.1 Å². The Labute approximate surface area is 98.8 Å². The molecule has 1 aliphatic heterocycles. The van der Waals surface area contributed by atoms with E-state index in [2.05, 4.69) is 16.3 Å². The Morgan fingerprint density at radius 2 is 1.50 bits per heavy atom. The number of hydrogen-bond acceptors (Lipinski definition) is 3. The highest BCUT2D eigenvalue weighted by molar-refractivity contribution is 5.09. The predicted octanol–water partition coefficient (Wildman–Crippen LogP) is 1.90. The lowest BCUT2D eigenvalue weighted by Crippen LogP contribution is -2.55. The first-order valence-corrected chi connectivity index (χ1v) is 6.74. The zero-order valence-electron chi connectivity index (χ0n) is 10.2. The van der Waals surface area contributed by atoms with E-state index in [0.717, 1.165) is 39.0 Å². The van der Waals surface area contributed by atoms with Crippen LogP contribution in [0.1, 0.15) is 44.9 Å². The first-order chi connectivity index (χ1) is 7.87. The maximum atomic E-state index is 9.60. The minimum absolute atomic E-state index is 0.136. The van der Waals surface area contributed by atoms with Crippen LogP contribution in [0.2, 0.25) is 0 Å². The second-order valence-corrected chi connectivity index (χ2v) is 5.15. The van der Waals surface area contributed by atoms with Gasteiger partial charge in [-0.15, -0.1) is 0 Å². The lowest BCUT2D eigenvalue weighted by Gasteiger charge is -2.42. The molecule has 1 N–H and O–H groups in total. The maximum Gasteiger partial charge on any atom is 0.109 e. The highest BCUT2D eigenvalue weighted by Gasteiger charge is 2.36. The summed E-state index contributed by atoms with van der Waals surface area (Å²) in [6.07, 6.45) is 8.64. The zero-order chi connectivity index (χ0) is 11.3.